The molecule has 1 aliphatic rings. The van der Waals surface area contributed by atoms with Crippen LogP contribution in [0.4, 0.5) is 0 Å². The van der Waals surface area contributed by atoms with E-state index in [9.17, 15) is 0 Å². The molecule has 0 saturated heterocycles. The molecule has 0 bridgehead atoms. The number of hydrogen-bond acceptors (Lipinski definition) is 3. The van der Waals surface area contributed by atoms with Crippen LogP contribution in [0.15, 0.2) is 5.10 Å². The predicted molar refractivity (Wildman–Crippen MR) is 51.9 cm³/mol. The highest BCUT2D eigenvalue weighted by molar-refractivity contribution is 5.56. The Hall–Kier alpha value is -0.730. The Morgan fingerprint density at radius 2 is 2.00 bits per heavy atom. The minimum atomic E-state index is 0.519. The van der Waals surface area contributed by atoms with Gasteiger partial charge in [-0.3, -0.25) is 5.01 Å². The zero-order valence-corrected chi connectivity index (χ0v) is 8.32. The quantitative estimate of drug-likeness (QED) is 0.638. The van der Waals surface area contributed by atoms with Crippen LogP contribution in [-0.2, 0) is 0 Å². The maximum Gasteiger partial charge on any atom is 0.119 e. The Kier molecular flexibility index (Phi) is 3.38. The van der Waals surface area contributed by atoms with Gasteiger partial charge in [0.05, 0.1) is 0 Å². The molecular formula is C9H19N3. The SMILES string of the molecule is CCCC1N(CC)C=NN1CC. The third-order valence-electron chi connectivity index (χ3n) is 2.31. The summed E-state index contributed by atoms with van der Waals surface area (Å²) in [6.07, 6.45) is 4.91. The smallest absolute Gasteiger partial charge is 0.119 e. The van der Waals surface area contributed by atoms with E-state index in [1.807, 2.05) is 6.34 Å². The fraction of sp³-hybridized carbons (Fsp3) is 0.889. The lowest BCUT2D eigenvalue weighted by molar-refractivity contribution is 0.131. The van der Waals surface area contributed by atoms with Crippen LogP contribution >= 0.6 is 0 Å². The summed E-state index contributed by atoms with van der Waals surface area (Å²) in [5.41, 5.74) is 0. The zero-order chi connectivity index (χ0) is 8.97. The average molecular weight is 169 g/mol. The van der Waals surface area contributed by atoms with Crippen LogP contribution in [0.3, 0.4) is 0 Å². The van der Waals surface area contributed by atoms with Gasteiger partial charge < -0.3 is 4.90 Å². The van der Waals surface area contributed by atoms with Gasteiger partial charge in [0.15, 0.2) is 0 Å². The summed E-state index contributed by atoms with van der Waals surface area (Å²) in [4.78, 5) is 2.30. The monoisotopic (exact) mass is 169 g/mol. The number of rotatable bonds is 4. The van der Waals surface area contributed by atoms with E-state index in [0.29, 0.717) is 6.17 Å². The number of hydrogen-bond donors (Lipinski definition) is 0. The average Bonchev–Trinajstić information content (AvgIpc) is 2.48. The van der Waals surface area contributed by atoms with Gasteiger partial charge >= 0.3 is 0 Å². The summed E-state index contributed by atoms with van der Waals surface area (Å²) in [5.74, 6) is 0. The minimum absolute atomic E-state index is 0.519. The lowest BCUT2D eigenvalue weighted by atomic mass is 10.2. The van der Waals surface area contributed by atoms with Crippen LogP contribution in [0.1, 0.15) is 33.6 Å². The minimum Gasteiger partial charge on any atom is -0.340 e. The first-order valence-electron chi connectivity index (χ1n) is 4.89. The van der Waals surface area contributed by atoms with Crippen molar-refractivity contribution in [3.63, 3.8) is 0 Å². The third kappa shape index (κ3) is 1.71. The summed E-state index contributed by atoms with van der Waals surface area (Å²) < 4.78 is 0. The fourth-order valence-electron chi connectivity index (χ4n) is 1.62. The van der Waals surface area contributed by atoms with Crippen LogP contribution in [-0.4, -0.2) is 35.5 Å². The van der Waals surface area contributed by atoms with Crippen molar-refractivity contribution < 1.29 is 0 Å². The van der Waals surface area contributed by atoms with Gasteiger partial charge in [-0.15, -0.1) is 0 Å². The molecule has 0 amide bonds. The van der Waals surface area contributed by atoms with Gasteiger partial charge in [0.1, 0.15) is 12.5 Å². The molecule has 0 aromatic heterocycles. The Bertz CT molecular complexity index is 142. The molecule has 0 N–H and O–H groups in total. The lowest BCUT2D eigenvalue weighted by Crippen LogP contribution is -2.39. The van der Waals surface area contributed by atoms with E-state index in [-0.39, 0.29) is 0 Å². The molecular weight excluding hydrogens is 150 g/mol. The molecule has 1 aliphatic heterocycles. The number of hydrazone groups is 1. The maximum atomic E-state index is 4.34. The van der Waals surface area contributed by atoms with Crippen LogP contribution in [0.5, 0.6) is 0 Å². The van der Waals surface area contributed by atoms with Crippen LogP contribution in [0.2, 0.25) is 0 Å². The highest BCUT2D eigenvalue weighted by Crippen LogP contribution is 2.15. The molecule has 0 spiro atoms. The molecule has 12 heavy (non-hydrogen) atoms. The molecule has 0 radical (unpaired) electrons. The van der Waals surface area contributed by atoms with E-state index >= 15 is 0 Å². The largest absolute Gasteiger partial charge is 0.340 e. The van der Waals surface area contributed by atoms with Gasteiger partial charge in [0.25, 0.3) is 0 Å². The van der Waals surface area contributed by atoms with Crippen LogP contribution in [0.25, 0.3) is 0 Å². The van der Waals surface area contributed by atoms with Crippen molar-refractivity contribution in [2.75, 3.05) is 13.1 Å². The summed E-state index contributed by atoms with van der Waals surface area (Å²) in [6.45, 7) is 8.62. The summed E-state index contributed by atoms with van der Waals surface area (Å²) in [6, 6.07) is 0. The van der Waals surface area contributed by atoms with E-state index < -0.39 is 0 Å². The lowest BCUT2D eigenvalue weighted by Gasteiger charge is -2.28. The normalized spacial score (nSPS) is 22.4. The molecule has 1 atom stereocenters. The van der Waals surface area contributed by atoms with E-state index in [1.54, 1.807) is 0 Å². The molecule has 1 heterocycles. The first-order chi connectivity index (χ1) is 5.83. The van der Waals surface area contributed by atoms with Gasteiger partial charge in [0.2, 0.25) is 0 Å². The molecule has 1 unspecified atom stereocenters. The Morgan fingerprint density at radius 3 is 2.50 bits per heavy atom. The summed E-state index contributed by atoms with van der Waals surface area (Å²) >= 11 is 0. The second kappa shape index (κ2) is 4.33. The number of nitrogens with zero attached hydrogens (tertiary/aromatic N) is 3. The highest BCUT2D eigenvalue weighted by Gasteiger charge is 2.23. The van der Waals surface area contributed by atoms with Gasteiger partial charge in [-0.1, -0.05) is 13.3 Å². The zero-order valence-electron chi connectivity index (χ0n) is 8.32. The Balaban J connectivity index is 2.52. The van der Waals surface area contributed by atoms with E-state index in [4.69, 9.17) is 0 Å². The van der Waals surface area contributed by atoms with Crippen molar-refractivity contribution in [2.45, 2.75) is 39.8 Å². The van der Waals surface area contributed by atoms with Crippen molar-refractivity contribution in [2.24, 2.45) is 5.10 Å². The summed E-state index contributed by atoms with van der Waals surface area (Å²) in [5, 5.41) is 6.50. The molecule has 70 valence electrons. The van der Waals surface area contributed by atoms with Crippen LogP contribution in [0, 0.1) is 0 Å². The van der Waals surface area contributed by atoms with Gasteiger partial charge in [-0.25, -0.2) is 0 Å². The Labute approximate surface area is 75.0 Å². The first-order valence-corrected chi connectivity index (χ1v) is 4.89. The Morgan fingerprint density at radius 1 is 1.25 bits per heavy atom. The summed E-state index contributed by atoms with van der Waals surface area (Å²) in [7, 11) is 0. The van der Waals surface area contributed by atoms with Crippen molar-refractivity contribution in [3.05, 3.63) is 0 Å². The van der Waals surface area contributed by atoms with Crippen LogP contribution < -0.4 is 0 Å². The second-order valence-corrected chi connectivity index (χ2v) is 3.09. The standard InChI is InChI=1S/C9H19N3/c1-4-7-9-11(5-2)8-10-12(9)6-3/h8-9H,4-7H2,1-3H3. The van der Waals surface area contributed by atoms with Gasteiger partial charge in [0, 0.05) is 13.1 Å². The third-order valence-corrected chi connectivity index (χ3v) is 2.31. The van der Waals surface area contributed by atoms with Crippen molar-refractivity contribution in [3.8, 4) is 0 Å². The molecule has 0 aromatic carbocycles. The highest BCUT2D eigenvalue weighted by atomic mass is 15.6. The molecule has 1 rings (SSSR count). The molecule has 0 fully saturated rings. The van der Waals surface area contributed by atoms with E-state index in [0.717, 1.165) is 13.1 Å². The second-order valence-electron chi connectivity index (χ2n) is 3.09. The first kappa shape index (κ1) is 9.36. The topological polar surface area (TPSA) is 18.8 Å². The maximum absolute atomic E-state index is 4.34. The molecule has 3 heteroatoms. The van der Waals surface area contributed by atoms with Gasteiger partial charge in [-0.05, 0) is 20.3 Å². The molecule has 0 aliphatic carbocycles. The van der Waals surface area contributed by atoms with E-state index in [1.165, 1.54) is 12.8 Å². The van der Waals surface area contributed by atoms with Crippen molar-refractivity contribution in [1.82, 2.24) is 9.91 Å². The fourth-order valence-corrected chi connectivity index (χ4v) is 1.62. The predicted octanol–water partition coefficient (Wildman–Crippen LogP) is 1.71. The van der Waals surface area contributed by atoms with Gasteiger partial charge in [-0.2, -0.15) is 5.10 Å². The van der Waals surface area contributed by atoms with Crippen molar-refractivity contribution in [1.29, 1.82) is 0 Å². The molecule has 0 saturated carbocycles. The molecule has 0 aromatic rings. The van der Waals surface area contributed by atoms with E-state index in [2.05, 4.69) is 35.8 Å². The van der Waals surface area contributed by atoms with Crippen molar-refractivity contribution >= 4 is 6.34 Å². The molecule has 3 nitrogen and oxygen atoms in total.